The van der Waals surface area contributed by atoms with Gasteiger partial charge in [0.25, 0.3) is 0 Å². The van der Waals surface area contributed by atoms with Gasteiger partial charge in [-0.3, -0.25) is 0 Å². The van der Waals surface area contributed by atoms with Gasteiger partial charge in [0.1, 0.15) is 0 Å². The van der Waals surface area contributed by atoms with Crippen molar-refractivity contribution in [2.24, 2.45) is 0 Å². The Labute approximate surface area is 115 Å². The van der Waals surface area contributed by atoms with Gasteiger partial charge in [-0.2, -0.15) is 11.3 Å². The van der Waals surface area contributed by atoms with Gasteiger partial charge in [-0.05, 0) is 35.9 Å². The number of rotatable bonds is 2. The van der Waals surface area contributed by atoms with Crippen molar-refractivity contribution in [2.45, 2.75) is 13.8 Å². The van der Waals surface area contributed by atoms with Crippen molar-refractivity contribution in [3.05, 3.63) is 46.2 Å². The lowest BCUT2D eigenvalue weighted by molar-refractivity contribution is 0.436. The van der Waals surface area contributed by atoms with Crippen LogP contribution in [0.1, 0.15) is 11.1 Å². The zero-order chi connectivity index (χ0) is 13.4. The van der Waals surface area contributed by atoms with Gasteiger partial charge in [-0.15, -0.1) is 0 Å². The third kappa shape index (κ3) is 1.94. The molecule has 0 radical (unpaired) electrons. The molecule has 0 aliphatic carbocycles. The summed E-state index contributed by atoms with van der Waals surface area (Å²) in [7, 11) is 0. The first kappa shape index (κ1) is 12.0. The van der Waals surface area contributed by atoms with E-state index in [1.54, 1.807) is 11.3 Å². The first-order valence-electron chi connectivity index (χ1n) is 6.03. The van der Waals surface area contributed by atoms with Crippen molar-refractivity contribution in [1.29, 1.82) is 0 Å². The van der Waals surface area contributed by atoms with Gasteiger partial charge in [-0.1, -0.05) is 29.4 Å². The highest BCUT2D eigenvalue weighted by Gasteiger charge is 2.20. The fraction of sp³-hybridized carbons (Fsp3) is 0.133. The standard InChI is InChI=1S/C15H14N2OS/c1-9-5-3-4-6-11(9)13-14(18-17-15(13)16)12-8-19-7-10(12)2/h3-8H,1-2H3,(H2,16,17). The molecule has 0 fully saturated rings. The molecule has 3 rings (SSSR count). The predicted octanol–water partition coefficient (Wildman–Crippen LogP) is 4.27. The summed E-state index contributed by atoms with van der Waals surface area (Å²) in [4.78, 5) is 0. The molecular formula is C15H14N2OS. The number of thiophene rings is 1. The number of nitrogens with two attached hydrogens (primary N) is 1. The number of nitrogen functional groups attached to an aromatic ring is 1. The second-order valence-corrected chi connectivity index (χ2v) is 5.30. The molecular weight excluding hydrogens is 256 g/mol. The van der Waals surface area contributed by atoms with Crippen LogP contribution in [0, 0.1) is 13.8 Å². The van der Waals surface area contributed by atoms with E-state index < -0.39 is 0 Å². The molecule has 0 amide bonds. The highest BCUT2D eigenvalue weighted by molar-refractivity contribution is 7.08. The molecule has 96 valence electrons. The summed E-state index contributed by atoms with van der Waals surface area (Å²) < 4.78 is 5.46. The molecule has 4 heteroatoms. The van der Waals surface area contributed by atoms with Crippen molar-refractivity contribution in [2.75, 3.05) is 5.73 Å². The number of anilines is 1. The molecule has 0 aliphatic heterocycles. The Morgan fingerprint density at radius 1 is 1.05 bits per heavy atom. The maximum atomic E-state index is 6.00. The highest BCUT2D eigenvalue weighted by Crippen LogP contribution is 2.40. The minimum absolute atomic E-state index is 0.440. The SMILES string of the molecule is Cc1cscc1-c1onc(N)c1-c1ccccc1C. The van der Waals surface area contributed by atoms with Gasteiger partial charge in [0.2, 0.25) is 0 Å². The molecule has 0 spiro atoms. The van der Waals surface area contributed by atoms with Crippen molar-refractivity contribution in [3.63, 3.8) is 0 Å². The van der Waals surface area contributed by atoms with Crippen LogP contribution >= 0.6 is 11.3 Å². The maximum Gasteiger partial charge on any atom is 0.178 e. The van der Waals surface area contributed by atoms with Crippen LogP contribution in [0.15, 0.2) is 39.5 Å². The molecule has 0 saturated carbocycles. The summed E-state index contributed by atoms with van der Waals surface area (Å²) >= 11 is 1.65. The maximum absolute atomic E-state index is 6.00. The Morgan fingerprint density at radius 3 is 2.53 bits per heavy atom. The van der Waals surface area contributed by atoms with Crippen LogP contribution in [-0.2, 0) is 0 Å². The Balaban J connectivity index is 2.26. The van der Waals surface area contributed by atoms with Crippen LogP contribution in [0.2, 0.25) is 0 Å². The number of hydrogen-bond donors (Lipinski definition) is 1. The lowest BCUT2D eigenvalue weighted by Crippen LogP contribution is -1.90. The molecule has 3 nitrogen and oxygen atoms in total. The molecule has 2 aromatic heterocycles. The Bertz CT molecular complexity index is 727. The van der Waals surface area contributed by atoms with E-state index in [1.165, 1.54) is 5.56 Å². The van der Waals surface area contributed by atoms with E-state index in [0.29, 0.717) is 5.82 Å². The number of hydrogen-bond acceptors (Lipinski definition) is 4. The monoisotopic (exact) mass is 270 g/mol. The van der Waals surface area contributed by atoms with Crippen molar-refractivity contribution in [1.82, 2.24) is 5.16 Å². The average Bonchev–Trinajstić information content (AvgIpc) is 2.96. The molecule has 2 heterocycles. The Morgan fingerprint density at radius 2 is 1.84 bits per heavy atom. The third-order valence-electron chi connectivity index (χ3n) is 3.23. The molecule has 0 saturated heterocycles. The average molecular weight is 270 g/mol. The van der Waals surface area contributed by atoms with Gasteiger partial charge in [0.15, 0.2) is 11.6 Å². The minimum Gasteiger partial charge on any atom is -0.380 e. The second-order valence-electron chi connectivity index (χ2n) is 4.56. The van der Waals surface area contributed by atoms with E-state index in [4.69, 9.17) is 10.3 Å². The summed E-state index contributed by atoms with van der Waals surface area (Å²) in [5.74, 6) is 1.19. The van der Waals surface area contributed by atoms with Gasteiger partial charge in [0, 0.05) is 10.9 Å². The van der Waals surface area contributed by atoms with E-state index in [2.05, 4.69) is 35.8 Å². The largest absolute Gasteiger partial charge is 0.380 e. The minimum atomic E-state index is 0.440. The van der Waals surface area contributed by atoms with Crippen LogP contribution in [0.3, 0.4) is 0 Å². The van der Waals surface area contributed by atoms with E-state index in [1.807, 2.05) is 18.2 Å². The topological polar surface area (TPSA) is 52.0 Å². The fourth-order valence-corrected chi connectivity index (χ4v) is 3.02. The summed E-state index contributed by atoms with van der Waals surface area (Å²) in [6.07, 6.45) is 0. The van der Waals surface area contributed by atoms with Crippen LogP contribution in [0.4, 0.5) is 5.82 Å². The summed E-state index contributed by atoms with van der Waals surface area (Å²) in [5.41, 5.74) is 11.4. The highest BCUT2D eigenvalue weighted by atomic mass is 32.1. The molecule has 0 bridgehead atoms. The van der Waals surface area contributed by atoms with E-state index in [-0.39, 0.29) is 0 Å². The van der Waals surface area contributed by atoms with Crippen molar-refractivity contribution < 1.29 is 4.52 Å². The summed E-state index contributed by atoms with van der Waals surface area (Å²) in [5, 5.41) is 8.10. The van der Waals surface area contributed by atoms with E-state index in [0.717, 1.165) is 28.0 Å². The zero-order valence-corrected chi connectivity index (χ0v) is 11.6. The lowest BCUT2D eigenvalue weighted by atomic mass is 9.98. The normalized spacial score (nSPS) is 10.8. The number of nitrogens with zero attached hydrogens (tertiary/aromatic N) is 1. The molecule has 0 atom stereocenters. The van der Waals surface area contributed by atoms with Crippen LogP contribution in [-0.4, -0.2) is 5.16 Å². The molecule has 3 aromatic rings. The Hall–Kier alpha value is -2.07. The lowest BCUT2D eigenvalue weighted by Gasteiger charge is -2.05. The smallest absolute Gasteiger partial charge is 0.178 e. The first-order chi connectivity index (χ1) is 9.18. The van der Waals surface area contributed by atoms with Gasteiger partial charge < -0.3 is 10.3 Å². The zero-order valence-electron chi connectivity index (χ0n) is 10.8. The molecule has 19 heavy (non-hydrogen) atoms. The fourth-order valence-electron chi connectivity index (χ4n) is 2.19. The number of aromatic nitrogens is 1. The molecule has 0 unspecified atom stereocenters. The van der Waals surface area contributed by atoms with Crippen molar-refractivity contribution in [3.8, 4) is 22.5 Å². The number of aryl methyl sites for hydroxylation is 2. The van der Waals surface area contributed by atoms with Gasteiger partial charge >= 0.3 is 0 Å². The predicted molar refractivity (Wildman–Crippen MR) is 79.1 cm³/mol. The molecule has 2 N–H and O–H groups in total. The van der Waals surface area contributed by atoms with Gasteiger partial charge in [-0.25, -0.2) is 0 Å². The summed E-state index contributed by atoms with van der Waals surface area (Å²) in [6.45, 7) is 4.12. The van der Waals surface area contributed by atoms with Crippen LogP contribution < -0.4 is 5.73 Å². The van der Waals surface area contributed by atoms with Crippen LogP contribution in [0.5, 0.6) is 0 Å². The third-order valence-corrected chi connectivity index (χ3v) is 4.09. The van der Waals surface area contributed by atoms with E-state index >= 15 is 0 Å². The quantitative estimate of drug-likeness (QED) is 0.756. The van der Waals surface area contributed by atoms with Gasteiger partial charge in [0.05, 0.1) is 5.56 Å². The van der Waals surface area contributed by atoms with E-state index in [9.17, 15) is 0 Å². The first-order valence-corrected chi connectivity index (χ1v) is 6.97. The molecule has 1 aromatic carbocycles. The van der Waals surface area contributed by atoms with Crippen molar-refractivity contribution >= 4 is 17.2 Å². The van der Waals surface area contributed by atoms with Crippen LogP contribution in [0.25, 0.3) is 22.5 Å². The number of benzene rings is 1. The molecule has 0 aliphatic rings. The summed E-state index contributed by atoms with van der Waals surface area (Å²) in [6, 6.07) is 8.12. The Kier molecular flexibility index (Phi) is 2.87. The second kappa shape index (κ2) is 4.55.